The fourth-order valence-electron chi connectivity index (χ4n) is 12.4. The third-order valence-corrected chi connectivity index (χ3v) is 14.1. The normalized spacial score (nSPS) is 64.8. The molecule has 2 aliphatic heterocycles. The fourth-order valence-corrected chi connectivity index (χ4v) is 12.4. The van der Waals surface area contributed by atoms with Gasteiger partial charge in [0.1, 0.15) is 17.5 Å². The second-order valence-electron chi connectivity index (χ2n) is 15.7. The minimum Gasteiger partial charge on any atom is -0.393 e. The number of carbonyl (C=O) groups excluding carboxylic acids is 1. The molecule has 5 saturated carbocycles. The van der Waals surface area contributed by atoms with Gasteiger partial charge in [-0.05, 0) is 85.4 Å². The van der Waals surface area contributed by atoms with Crippen molar-refractivity contribution in [2.75, 3.05) is 6.61 Å². The van der Waals surface area contributed by atoms with Gasteiger partial charge in [-0.15, -0.1) is 0 Å². The molecule has 0 aromatic carbocycles. The fraction of sp³-hybridized carbons (Fsp3) is 0.967. The standard InChI is InChI=1S/C30H46O6/c1-16-11-30(23(33)26(5,34)15-35-30)36-17-12-25(4)19-8-7-18-24(2,3)20(31)9-10-28(18)14-29(19,28)13-21(32)27(25,6)22(16)17/h16-19,21-23,32-34H,7-15H2,1-6H3/t16-,17?,18+,19+,21-,22+,23-,25+,26+,27-,28-,29+,30+/m1/s1. The van der Waals surface area contributed by atoms with Crippen molar-refractivity contribution >= 4 is 5.78 Å². The molecule has 0 amide bonds. The summed E-state index contributed by atoms with van der Waals surface area (Å²) in [5, 5.41) is 33.9. The molecule has 2 saturated heterocycles. The molecule has 13 atom stereocenters. The maximum Gasteiger partial charge on any atom is 0.198 e. The summed E-state index contributed by atoms with van der Waals surface area (Å²) in [5.74, 6) is 0.565. The molecular formula is C30H46O6. The van der Waals surface area contributed by atoms with E-state index in [4.69, 9.17) is 9.47 Å². The molecular weight excluding hydrogens is 456 g/mol. The minimum absolute atomic E-state index is 0.0690. The minimum atomic E-state index is -1.32. The Morgan fingerprint density at radius 1 is 0.944 bits per heavy atom. The highest BCUT2D eigenvalue weighted by atomic mass is 16.7. The van der Waals surface area contributed by atoms with Gasteiger partial charge in [0.2, 0.25) is 0 Å². The van der Waals surface area contributed by atoms with Crippen LogP contribution in [0.3, 0.4) is 0 Å². The maximum atomic E-state index is 12.9. The summed E-state index contributed by atoms with van der Waals surface area (Å²) < 4.78 is 12.8. The zero-order chi connectivity index (χ0) is 25.9. The van der Waals surface area contributed by atoms with Gasteiger partial charge in [0.15, 0.2) is 5.79 Å². The number of aliphatic hydroxyl groups is 3. The first-order valence-electron chi connectivity index (χ1n) is 14.5. The topological polar surface area (TPSA) is 96.2 Å². The van der Waals surface area contributed by atoms with Crippen LogP contribution in [-0.2, 0) is 14.3 Å². The quantitative estimate of drug-likeness (QED) is 0.466. The molecule has 36 heavy (non-hydrogen) atoms. The molecule has 7 fully saturated rings. The number of hydrogen-bond acceptors (Lipinski definition) is 6. The van der Waals surface area contributed by atoms with E-state index in [0.29, 0.717) is 30.5 Å². The third kappa shape index (κ3) is 2.39. The van der Waals surface area contributed by atoms with E-state index in [1.165, 1.54) is 0 Å². The monoisotopic (exact) mass is 502 g/mol. The molecule has 6 nitrogen and oxygen atoms in total. The van der Waals surface area contributed by atoms with E-state index in [9.17, 15) is 20.1 Å². The molecule has 3 spiro atoms. The van der Waals surface area contributed by atoms with E-state index in [2.05, 4.69) is 34.6 Å². The Kier molecular flexibility index (Phi) is 4.50. The molecule has 7 rings (SSSR count). The average molecular weight is 503 g/mol. The van der Waals surface area contributed by atoms with Crippen molar-refractivity contribution in [1.82, 2.24) is 0 Å². The summed E-state index contributed by atoms with van der Waals surface area (Å²) >= 11 is 0. The molecule has 1 unspecified atom stereocenters. The number of ketones is 1. The van der Waals surface area contributed by atoms with Crippen molar-refractivity contribution in [3.05, 3.63) is 0 Å². The summed E-state index contributed by atoms with van der Waals surface area (Å²) in [5.41, 5.74) is -1.63. The lowest BCUT2D eigenvalue weighted by molar-refractivity contribution is -0.315. The highest BCUT2D eigenvalue weighted by Gasteiger charge is 2.85. The van der Waals surface area contributed by atoms with Gasteiger partial charge in [-0.1, -0.05) is 34.6 Å². The van der Waals surface area contributed by atoms with E-state index in [0.717, 1.165) is 38.5 Å². The number of ether oxygens (including phenoxy) is 2. The lowest BCUT2D eigenvalue weighted by Gasteiger charge is -2.64. The van der Waals surface area contributed by atoms with Crippen LogP contribution in [0, 0.1) is 50.7 Å². The smallest absolute Gasteiger partial charge is 0.198 e. The summed E-state index contributed by atoms with van der Waals surface area (Å²) in [6, 6.07) is 0. The first-order valence-corrected chi connectivity index (χ1v) is 14.5. The van der Waals surface area contributed by atoms with E-state index >= 15 is 0 Å². The molecule has 0 aromatic heterocycles. The van der Waals surface area contributed by atoms with Crippen LogP contribution in [0.1, 0.15) is 92.9 Å². The number of carbonyl (C=O) groups is 1. The molecule has 6 heteroatoms. The molecule has 0 radical (unpaired) electrons. The molecule has 2 heterocycles. The van der Waals surface area contributed by atoms with E-state index in [-0.39, 0.29) is 51.6 Å². The van der Waals surface area contributed by atoms with Crippen molar-refractivity contribution < 1.29 is 29.6 Å². The van der Waals surface area contributed by atoms with Crippen molar-refractivity contribution in [2.45, 2.75) is 123 Å². The van der Waals surface area contributed by atoms with Gasteiger partial charge in [0.05, 0.1) is 18.8 Å². The van der Waals surface area contributed by atoms with Crippen LogP contribution in [0.5, 0.6) is 0 Å². The highest BCUT2D eigenvalue weighted by molar-refractivity contribution is 5.86. The molecule has 0 aromatic rings. The molecule has 7 aliphatic rings. The van der Waals surface area contributed by atoms with Crippen LogP contribution in [0.4, 0.5) is 0 Å². The Bertz CT molecular complexity index is 1020. The summed E-state index contributed by atoms with van der Waals surface area (Å²) in [4.78, 5) is 12.9. The van der Waals surface area contributed by atoms with Crippen LogP contribution < -0.4 is 0 Å². The Morgan fingerprint density at radius 3 is 2.31 bits per heavy atom. The molecule has 5 aliphatic carbocycles. The largest absolute Gasteiger partial charge is 0.393 e. The predicted octanol–water partition coefficient (Wildman–Crippen LogP) is 3.84. The summed E-state index contributed by atoms with van der Waals surface area (Å²) in [6.45, 7) is 13.0. The molecule has 202 valence electrons. The highest BCUT2D eigenvalue weighted by Crippen LogP contribution is 2.89. The van der Waals surface area contributed by atoms with Crippen molar-refractivity contribution in [2.24, 2.45) is 50.7 Å². The van der Waals surface area contributed by atoms with Gasteiger partial charge < -0.3 is 24.8 Å². The van der Waals surface area contributed by atoms with Crippen molar-refractivity contribution in [3.63, 3.8) is 0 Å². The first kappa shape index (κ1) is 24.5. The number of hydrogen-bond donors (Lipinski definition) is 3. The lowest BCUT2D eigenvalue weighted by atomic mass is 9.41. The Hall–Kier alpha value is -0.530. The van der Waals surface area contributed by atoms with Crippen LogP contribution >= 0.6 is 0 Å². The molecule has 0 bridgehead atoms. The Morgan fingerprint density at radius 2 is 1.64 bits per heavy atom. The Labute approximate surface area is 215 Å². The number of rotatable bonds is 0. The zero-order valence-electron chi connectivity index (χ0n) is 23.0. The van der Waals surface area contributed by atoms with Gasteiger partial charge in [-0.2, -0.15) is 0 Å². The predicted molar refractivity (Wildman–Crippen MR) is 133 cm³/mol. The molecule has 3 N–H and O–H groups in total. The maximum absolute atomic E-state index is 12.9. The number of aliphatic hydroxyl groups excluding tert-OH is 2. The van der Waals surface area contributed by atoms with Crippen LogP contribution in [0.2, 0.25) is 0 Å². The van der Waals surface area contributed by atoms with Gasteiger partial charge in [0.25, 0.3) is 0 Å². The number of fused-ring (bicyclic) bond motifs is 4. The van der Waals surface area contributed by atoms with Crippen LogP contribution in [-0.4, -0.2) is 57.4 Å². The van der Waals surface area contributed by atoms with Crippen LogP contribution in [0.15, 0.2) is 0 Å². The SMILES string of the molecule is C[C@@H]1C[C@]2(OC[C@](C)(O)[C@H]2O)OC2C[C@@]3(C)[C@@H]4CC[C@H]5C(C)(C)C(=O)CC[C@@]56C[C@@]46C[C@@H](O)[C@]3(C)[C@H]21. The summed E-state index contributed by atoms with van der Waals surface area (Å²) in [6.07, 6.45) is 5.68. The zero-order valence-corrected chi connectivity index (χ0v) is 23.0. The lowest BCUT2D eigenvalue weighted by Crippen LogP contribution is -2.63. The van der Waals surface area contributed by atoms with Gasteiger partial charge >= 0.3 is 0 Å². The third-order valence-electron chi connectivity index (χ3n) is 14.1. The average Bonchev–Trinajstić information content (AvgIpc) is 3.30. The van der Waals surface area contributed by atoms with E-state index < -0.39 is 23.6 Å². The Balaban J connectivity index is 1.27. The van der Waals surface area contributed by atoms with Gasteiger partial charge in [-0.3, -0.25) is 4.79 Å². The summed E-state index contributed by atoms with van der Waals surface area (Å²) in [7, 11) is 0. The van der Waals surface area contributed by atoms with Gasteiger partial charge in [0, 0.05) is 23.7 Å². The van der Waals surface area contributed by atoms with Crippen molar-refractivity contribution in [3.8, 4) is 0 Å². The van der Waals surface area contributed by atoms with Crippen molar-refractivity contribution in [1.29, 1.82) is 0 Å². The van der Waals surface area contributed by atoms with E-state index in [1.54, 1.807) is 6.92 Å². The first-order chi connectivity index (χ1) is 16.6. The van der Waals surface area contributed by atoms with E-state index in [1.807, 2.05) is 0 Å². The second-order valence-corrected chi connectivity index (χ2v) is 15.7. The second kappa shape index (κ2) is 6.60. The number of Topliss-reactive ketones (excluding diaryl/α,β-unsaturated/α-hetero) is 1. The van der Waals surface area contributed by atoms with Crippen LogP contribution in [0.25, 0.3) is 0 Å². The van der Waals surface area contributed by atoms with Gasteiger partial charge in [-0.25, -0.2) is 0 Å².